The smallest absolute Gasteiger partial charge is 0.0446 e. The first-order chi connectivity index (χ1) is 17.1. The van der Waals surface area contributed by atoms with Gasteiger partial charge in [-0.05, 0) is 43.2 Å². The number of alkyl halides is 1. The second-order valence-corrected chi connectivity index (χ2v) is 11.7. The molecule has 0 aliphatic heterocycles. The molecule has 0 spiro atoms. The maximum Gasteiger partial charge on any atom is 0.0446 e. The SMILES string of the molecule is CCCCC(Cl)(CCCC)CCCCCCCCC(CCCC)(c1ccccc1)c1ccccc1. The van der Waals surface area contributed by atoms with Crippen LogP contribution in [0.25, 0.3) is 0 Å². The summed E-state index contributed by atoms with van der Waals surface area (Å²) in [6, 6.07) is 22.6. The van der Waals surface area contributed by atoms with Crippen molar-refractivity contribution in [2.45, 2.75) is 140 Å². The van der Waals surface area contributed by atoms with E-state index in [9.17, 15) is 0 Å². The Bertz CT molecular complexity index is 703. The maximum absolute atomic E-state index is 7.07. The fraction of sp³-hybridized carbons (Fsp3) is 0.647. The van der Waals surface area contributed by atoms with Gasteiger partial charge in [0, 0.05) is 10.3 Å². The average Bonchev–Trinajstić information content (AvgIpc) is 2.91. The number of halogens is 1. The molecule has 0 nitrogen and oxygen atoms in total. The Kier molecular flexibility index (Phi) is 14.7. The molecule has 2 rings (SSSR count). The van der Waals surface area contributed by atoms with Crippen LogP contribution < -0.4 is 0 Å². The summed E-state index contributed by atoms with van der Waals surface area (Å²) in [5.74, 6) is 0. The lowest BCUT2D eigenvalue weighted by Crippen LogP contribution is -2.28. The van der Waals surface area contributed by atoms with Gasteiger partial charge in [0.25, 0.3) is 0 Å². The molecule has 1 heteroatoms. The van der Waals surface area contributed by atoms with Crippen molar-refractivity contribution in [2.24, 2.45) is 0 Å². The van der Waals surface area contributed by atoms with Crippen LogP contribution in [0.15, 0.2) is 60.7 Å². The molecule has 0 N–H and O–H groups in total. The van der Waals surface area contributed by atoms with Crippen molar-refractivity contribution < 1.29 is 0 Å². The molecule has 0 aromatic heterocycles. The van der Waals surface area contributed by atoms with Gasteiger partial charge in [-0.2, -0.15) is 0 Å². The van der Waals surface area contributed by atoms with Gasteiger partial charge >= 0.3 is 0 Å². The summed E-state index contributed by atoms with van der Waals surface area (Å²) >= 11 is 7.07. The molecule has 196 valence electrons. The molecule has 0 fully saturated rings. The summed E-state index contributed by atoms with van der Waals surface area (Å²) < 4.78 is 0. The van der Waals surface area contributed by atoms with Gasteiger partial charge in [0.2, 0.25) is 0 Å². The van der Waals surface area contributed by atoms with E-state index in [1.165, 1.54) is 120 Å². The highest BCUT2D eigenvalue weighted by Crippen LogP contribution is 2.42. The second kappa shape index (κ2) is 17.2. The van der Waals surface area contributed by atoms with Crippen molar-refractivity contribution >= 4 is 11.6 Å². The maximum atomic E-state index is 7.07. The van der Waals surface area contributed by atoms with Crippen molar-refractivity contribution in [1.82, 2.24) is 0 Å². The molecule has 0 bridgehead atoms. The second-order valence-electron chi connectivity index (χ2n) is 10.9. The number of hydrogen-bond donors (Lipinski definition) is 0. The van der Waals surface area contributed by atoms with E-state index < -0.39 is 0 Å². The Balaban J connectivity index is 1.87. The van der Waals surface area contributed by atoms with Crippen LogP contribution in [0.5, 0.6) is 0 Å². The Hall–Kier alpha value is -1.27. The van der Waals surface area contributed by atoms with Gasteiger partial charge < -0.3 is 0 Å². The Labute approximate surface area is 223 Å². The highest BCUT2D eigenvalue weighted by molar-refractivity contribution is 6.23. The highest BCUT2D eigenvalue weighted by Gasteiger charge is 2.33. The highest BCUT2D eigenvalue weighted by atomic mass is 35.5. The van der Waals surface area contributed by atoms with Crippen LogP contribution in [0.4, 0.5) is 0 Å². The van der Waals surface area contributed by atoms with Gasteiger partial charge in [-0.1, -0.05) is 158 Å². The minimum atomic E-state index is 0.0657. The zero-order chi connectivity index (χ0) is 25.2. The van der Waals surface area contributed by atoms with Gasteiger partial charge in [0.1, 0.15) is 0 Å². The van der Waals surface area contributed by atoms with E-state index in [1.807, 2.05) is 0 Å². The molecule has 2 aromatic carbocycles. The Morgan fingerprint density at radius 3 is 1.26 bits per heavy atom. The Morgan fingerprint density at radius 1 is 0.457 bits per heavy atom. The molecular weight excluding hydrogens is 444 g/mol. The molecule has 0 heterocycles. The van der Waals surface area contributed by atoms with Crippen molar-refractivity contribution in [3.8, 4) is 0 Å². The van der Waals surface area contributed by atoms with Gasteiger partial charge in [-0.15, -0.1) is 11.6 Å². The van der Waals surface area contributed by atoms with Gasteiger partial charge in [-0.3, -0.25) is 0 Å². The lowest BCUT2D eigenvalue weighted by atomic mass is 9.68. The molecule has 0 unspecified atom stereocenters. The summed E-state index contributed by atoms with van der Waals surface area (Å²) in [7, 11) is 0. The van der Waals surface area contributed by atoms with Crippen LogP contribution in [-0.4, -0.2) is 4.87 Å². The van der Waals surface area contributed by atoms with E-state index in [0.29, 0.717) is 0 Å². The van der Waals surface area contributed by atoms with E-state index in [1.54, 1.807) is 0 Å². The lowest BCUT2D eigenvalue weighted by molar-refractivity contribution is 0.391. The normalized spacial score (nSPS) is 12.2. The Morgan fingerprint density at radius 2 is 0.800 bits per heavy atom. The summed E-state index contributed by atoms with van der Waals surface area (Å²) in [5.41, 5.74) is 3.14. The zero-order valence-corrected chi connectivity index (χ0v) is 23.9. The molecule has 0 saturated heterocycles. The number of hydrogen-bond acceptors (Lipinski definition) is 0. The molecule has 0 amide bonds. The molecule has 0 saturated carbocycles. The third-order valence-corrected chi connectivity index (χ3v) is 8.61. The monoisotopic (exact) mass is 496 g/mol. The molecule has 2 aromatic rings. The molecular formula is C34H53Cl. The molecule has 0 aliphatic rings. The lowest BCUT2D eigenvalue weighted by Gasteiger charge is -2.36. The minimum Gasteiger partial charge on any atom is -0.119 e. The topological polar surface area (TPSA) is 0 Å². The first kappa shape index (κ1) is 30.0. The molecule has 0 atom stereocenters. The van der Waals surface area contributed by atoms with E-state index >= 15 is 0 Å². The van der Waals surface area contributed by atoms with Gasteiger partial charge in [0.05, 0.1) is 0 Å². The first-order valence-electron chi connectivity index (χ1n) is 14.9. The van der Waals surface area contributed by atoms with Crippen LogP contribution in [0.2, 0.25) is 0 Å². The van der Waals surface area contributed by atoms with Gasteiger partial charge in [-0.25, -0.2) is 0 Å². The van der Waals surface area contributed by atoms with E-state index in [-0.39, 0.29) is 10.3 Å². The molecule has 0 aliphatic carbocycles. The zero-order valence-electron chi connectivity index (χ0n) is 23.2. The largest absolute Gasteiger partial charge is 0.119 e. The minimum absolute atomic E-state index is 0.0657. The first-order valence-corrected chi connectivity index (χ1v) is 15.3. The van der Waals surface area contributed by atoms with Crippen LogP contribution in [0.1, 0.15) is 141 Å². The predicted molar refractivity (Wildman–Crippen MR) is 158 cm³/mol. The summed E-state index contributed by atoms with van der Waals surface area (Å²) in [6.45, 7) is 6.88. The van der Waals surface area contributed by atoms with Crippen molar-refractivity contribution in [1.29, 1.82) is 0 Å². The summed E-state index contributed by atoms with van der Waals surface area (Å²) in [6.07, 6.45) is 21.7. The molecule has 0 radical (unpaired) electrons. The third-order valence-electron chi connectivity index (χ3n) is 8.04. The number of unbranched alkanes of at least 4 members (excludes halogenated alkanes) is 8. The van der Waals surface area contributed by atoms with Crippen molar-refractivity contribution in [3.05, 3.63) is 71.8 Å². The quantitative estimate of drug-likeness (QED) is 0.126. The fourth-order valence-electron chi connectivity index (χ4n) is 5.80. The van der Waals surface area contributed by atoms with Crippen LogP contribution in [0.3, 0.4) is 0 Å². The fourth-order valence-corrected chi connectivity index (χ4v) is 6.20. The number of rotatable bonds is 20. The van der Waals surface area contributed by atoms with Gasteiger partial charge in [0.15, 0.2) is 0 Å². The third kappa shape index (κ3) is 10.3. The standard InChI is InChI=1S/C34H53Cl/c1-4-7-26-33(35,27-8-5-2)28-20-12-10-11-13-21-30-34(29-9-6-3,31-22-16-14-17-23-31)32-24-18-15-19-25-32/h14-19,22-25H,4-13,20-21,26-30H2,1-3H3. The van der Waals surface area contributed by atoms with E-state index in [0.717, 1.165) is 0 Å². The van der Waals surface area contributed by atoms with Crippen molar-refractivity contribution in [3.63, 3.8) is 0 Å². The van der Waals surface area contributed by atoms with E-state index in [2.05, 4.69) is 81.4 Å². The van der Waals surface area contributed by atoms with Crippen LogP contribution in [-0.2, 0) is 5.41 Å². The summed E-state index contributed by atoms with van der Waals surface area (Å²) in [4.78, 5) is 0.0657. The van der Waals surface area contributed by atoms with Crippen LogP contribution >= 0.6 is 11.6 Å². The predicted octanol–water partition coefficient (Wildman–Crippen LogP) is 11.6. The summed E-state index contributed by atoms with van der Waals surface area (Å²) in [5, 5.41) is 0. The molecule has 35 heavy (non-hydrogen) atoms. The number of benzene rings is 2. The van der Waals surface area contributed by atoms with Crippen molar-refractivity contribution in [2.75, 3.05) is 0 Å². The van der Waals surface area contributed by atoms with E-state index in [4.69, 9.17) is 11.6 Å². The average molecular weight is 497 g/mol. The van der Waals surface area contributed by atoms with Crippen LogP contribution in [0, 0.1) is 0 Å².